The van der Waals surface area contributed by atoms with E-state index in [-0.39, 0.29) is 5.38 Å². The van der Waals surface area contributed by atoms with Crippen molar-refractivity contribution in [2.24, 2.45) is 5.73 Å². The molecule has 0 bridgehead atoms. The molecule has 13 heavy (non-hydrogen) atoms. The van der Waals surface area contributed by atoms with Gasteiger partial charge in [-0.1, -0.05) is 23.2 Å². The Morgan fingerprint density at radius 2 is 1.69 bits per heavy atom. The molecule has 0 fully saturated rings. The summed E-state index contributed by atoms with van der Waals surface area (Å²) in [7, 11) is 0. The van der Waals surface area contributed by atoms with Gasteiger partial charge in [-0.05, 0) is 30.2 Å². The highest BCUT2D eigenvalue weighted by atomic mass is 35.5. The number of alkyl halides is 1. The average Bonchev–Trinajstić information content (AvgIpc) is 2.02. The first-order chi connectivity index (χ1) is 6.11. The van der Waals surface area contributed by atoms with Gasteiger partial charge in [-0.2, -0.15) is 0 Å². The molecule has 1 rings (SSSR count). The van der Waals surface area contributed by atoms with E-state index in [4.69, 9.17) is 40.5 Å². The summed E-state index contributed by atoms with van der Waals surface area (Å²) in [5.74, 6) is 0. The molecule has 0 aliphatic carbocycles. The van der Waals surface area contributed by atoms with Crippen LogP contribution >= 0.6 is 34.8 Å². The Labute approximate surface area is 92.8 Å². The van der Waals surface area contributed by atoms with Gasteiger partial charge in [-0.3, -0.25) is 0 Å². The summed E-state index contributed by atoms with van der Waals surface area (Å²) in [6.45, 7) is 0.450. The zero-order valence-electron chi connectivity index (χ0n) is 6.93. The number of hydrogen-bond acceptors (Lipinski definition) is 1. The molecular formula is C9H10Cl3N. The minimum absolute atomic E-state index is 0.0606. The fourth-order valence-electron chi connectivity index (χ4n) is 1.07. The van der Waals surface area contributed by atoms with Crippen LogP contribution in [0.4, 0.5) is 0 Å². The van der Waals surface area contributed by atoms with Crippen molar-refractivity contribution in [1.29, 1.82) is 0 Å². The Hall–Kier alpha value is 0.0500. The molecule has 0 aliphatic rings. The van der Waals surface area contributed by atoms with E-state index in [0.29, 0.717) is 23.0 Å². The van der Waals surface area contributed by atoms with Crippen molar-refractivity contribution in [3.05, 3.63) is 33.8 Å². The largest absolute Gasteiger partial charge is 0.329 e. The smallest absolute Gasteiger partial charge is 0.0498 e. The molecule has 1 unspecified atom stereocenters. The van der Waals surface area contributed by atoms with Gasteiger partial charge in [0.2, 0.25) is 0 Å². The van der Waals surface area contributed by atoms with Crippen LogP contribution in [0, 0.1) is 0 Å². The van der Waals surface area contributed by atoms with Crippen LogP contribution < -0.4 is 5.73 Å². The molecule has 0 aromatic heterocycles. The zero-order valence-corrected chi connectivity index (χ0v) is 9.20. The topological polar surface area (TPSA) is 26.0 Å². The summed E-state index contributed by atoms with van der Waals surface area (Å²) < 4.78 is 0. The lowest BCUT2D eigenvalue weighted by Crippen LogP contribution is -2.16. The Bertz CT molecular complexity index is 268. The van der Waals surface area contributed by atoms with E-state index in [1.807, 2.05) is 12.1 Å². The monoisotopic (exact) mass is 237 g/mol. The minimum atomic E-state index is -0.0606. The summed E-state index contributed by atoms with van der Waals surface area (Å²) in [4.78, 5) is 0. The van der Waals surface area contributed by atoms with Gasteiger partial charge < -0.3 is 5.73 Å². The van der Waals surface area contributed by atoms with Gasteiger partial charge in [0, 0.05) is 22.0 Å². The Morgan fingerprint density at radius 3 is 2.15 bits per heavy atom. The summed E-state index contributed by atoms with van der Waals surface area (Å²) in [6, 6.07) is 5.38. The number of nitrogens with two attached hydrogens (primary N) is 1. The first kappa shape index (κ1) is 11.1. The van der Waals surface area contributed by atoms with Crippen LogP contribution in [0.25, 0.3) is 0 Å². The fraction of sp³-hybridized carbons (Fsp3) is 0.333. The van der Waals surface area contributed by atoms with E-state index in [1.54, 1.807) is 6.07 Å². The van der Waals surface area contributed by atoms with Gasteiger partial charge >= 0.3 is 0 Å². The summed E-state index contributed by atoms with van der Waals surface area (Å²) in [5, 5.41) is 1.20. The fourth-order valence-corrected chi connectivity index (χ4v) is 1.82. The molecule has 0 spiro atoms. The van der Waals surface area contributed by atoms with Crippen molar-refractivity contribution in [3.63, 3.8) is 0 Å². The number of benzene rings is 1. The Morgan fingerprint density at radius 1 is 1.15 bits per heavy atom. The van der Waals surface area contributed by atoms with Gasteiger partial charge in [0.05, 0.1) is 0 Å². The molecule has 0 saturated carbocycles. The van der Waals surface area contributed by atoms with Crippen molar-refractivity contribution in [1.82, 2.24) is 0 Å². The summed E-state index contributed by atoms with van der Waals surface area (Å²) in [6.07, 6.45) is 0.693. The third kappa shape index (κ3) is 3.74. The maximum absolute atomic E-state index is 5.89. The van der Waals surface area contributed by atoms with Crippen LogP contribution in [0.15, 0.2) is 18.2 Å². The number of rotatable bonds is 3. The van der Waals surface area contributed by atoms with Gasteiger partial charge in [0.15, 0.2) is 0 Å². The third-order valence-electron chi connectivity index (χ3n) is 1.64. The predicted octanol–water partition coefficient (Wildman–Crippen LogP) is 3.10. The second-order valence-corrected chi connectivity index (χ2v) is 4.30. The molecule has 0 heterocycles. The molecule has 4 heteroatoms. The normalized spacial score (nSPS) is 12.9. The first-order valence-electron chi connectivity index (χ1n) is 3.91. The first-order valence-corrected chi connectivity index (χ1v) is 5.10. The van der Waals surface area contributed by atoms with Crippen LogP contribution in [-0.2, 0) is 6.42 Å². The minimum Gasteiger partial charge on any atom is -0.329 e. The lowest BCUT2D eigenvalue weighted by molar-refractivity contribution is 0.842. The lowest BCUT2D eigenvalue weighted by Gasteiger charge is -2.06. The van der Waals surface area contributed by atoms with Crippen molar-refractivity contribution < 1.29 is 0 Å². The van der Waals surface area contributed by atoms with Gasteiger partial charge in [0.25, 0.3) is 0 Å². The molecule has 0 radical (unpaired) electrons. The molecule has 1 aromatic rings. The van der Waals surface area contributed by atoms with Crippen molar-refractivity contribution >= 4 is 34.8 Å². The summed E-state index contributed by atoms with van der Waals surface area (Å²) >= 11 is 17.5. The van der Waals surface area contributed by atoms with Crippen molar-refractivity contribution in [2.75, 3.05) is 6.54 Å². The van der Waals surface area contributed by atoms with Gasteiger partial charge in [0.1, 0.15) is 0 Å². The molecule has 2 N–H and O–H groups in total. The highest BCUT2D eigenvalue weighted by Crippen LogP contribution is 2.20. The van der Waals surface area contributed by atoms with Crippen LogP contribution in [0.2, 0.25) is 10.0 Å². The standard InChI is InChI=1S/C9H10Cl3N/c10-7-1-6(2-8(11)4-7)3-9(12)5-13/h1-2,4,9H,3,5,13H2. The van der Waals surface area contributed by atoms with E-state index >= 15 is 0 Å². The van der Waals surface area contributed by atoms with Crippen LogP contribution in [0.3, 0.4) is 0 Å². The third-order valence-corrected chi connectivity index (χ3v) is 2.40. The molecule has 1 aromatic carbocycles. The van der Waals surface area contributed by atoms with E-state index in [1.165, 1.54) is 0 Å². The average molecular weight is 239 g/mol. The van der Waals surface area contributed by atoms with Crippen molar-refractivity contribution in [3.8, 4) is 0 Å². The molecule has 72 valence electrons. The van der Waals surface area contributed by atoms with E-state index in [9.17, 15) is 0 Å². The zero-order chi connectivity index (χ0) is 9.84. The molecular weight excluding hydrogens is 228 g/mol. The highest BCUT2D eigenvalue weighted by molar-refractivity contribution is 6.34. The van der Waals surface area contributed by atoms with Crippen LogP contribution in [-0.4, -0.2) is 11.9 Å². The van der Waals surface area contributed by atoms with E-state index in [0.717, 1.165) is 5.56 Å². The molecule has 0 saturated heterocycles. The molecule has 0 amide bonds. The molecule has 0 aliphatic heterocycles. The molecule has 1 nitrogen and oxygen atoms in total. The van der Waals surface area contributed by atoms with E-state index < -0.39 is 0 Å². The predicted molar refractivity (Wildman–Crippen MR) is 58.9 cm³/mol. The quantitative estimate of drug-likeness (QED) is 0.805. The van der Waals surface area contributed by atoms with Crippen molar-refractivity contribution in [2.45, 2.75) is 11.8 Å². The maximum atomic E-state index is 5.89. The highest BCUT2D eigenvalue weighted by Gasteiger charge is 2.04. The van der Waals surface area contributed by atoms with E-state index in [2.05, 4.69) is 0 Å². The van der Waals surface area contributed by atoms with Crippen LogP contribution in [0.5, 0.6) is 0 Å². The number of halogens is 3. The number of hydrogen-bond donors (Lipinski definition) is 1. The molecule has 1 atom stereocenters. The van der Waals surface area contributed by atoms with Gasteiger partial charge in [-0.15, -0.1) is 11.6 Å². The lowest BCUT2D eigenvalue weighted by atomic mass is 10.1. The second-order valence-electron chi connectivity index (χ2n) is 2.81. The van der Waals surface area contributed by atoms with Gasteiger partial charge in [-0.25, -0.2) is 0 Å². The second kappa shape index (κ2) is 5.06. The SMILES string of the molecule is NCC(Cl)Cc1cc(Cl)cc(Cl)c1. The Balaban J connectivity index is 2.77. The summed E-state index contributed by atoms with van der Waals surface area (Å²) in [5.41, 5.74) is 6.41. The van der Waals surface area contributed by atoms with Crippen LogP contribution in [0.1, 0.15) is 5.56 Å². The maximum Gasteiger partial charge on any atom is 0.0498 e. The Kier molecular flexibility index (Phi) is 4.33.